The number of aliphatic imine (C=N–C) groups is 1. The second-order valence-corrected chi connectivity index (χ2v) is 9.30. The fourth-order valence-electron chi connectivity index (χ4n) is 2.70. The van der Waals surface area contributed by atoms with Gasteiger partial charge in [0.05, 0.1) is 4.90 Å². The highest BCUT2D eigenvalue weighted by Crippen LogP contribution is 2.22. The first-order valence-electron chi connectivity index (χ1n) is 9.25. The van der Waals surface area contributed by atoms with E-state index in [1.165, 1.54) is 23.3 Å². The molecule has 2 aromatic rings. The summed E-state index contributed by atoms with van der Waals surface area (Å²) < 4.78 is 22.6. The predicted molar refractivity (Wildman–Crippen MR) is 130 cm³/mol. The molecule has 0 fully saturated rings. The molecule has 0 saturated heterocycles. The molecule has 0 aliphatic rings. The number of rotatable bonds is 6. The smallest absolute Gasteiger partial charge is 0.238 e. The van der Waals surface area contributed by atoms with Crippen molar-refractivity contribution in [3.8, 4) is 0 Å². The van der Waals surface area contributed by atoms with E-state index in [4.69, 9.17) is 5.14 Å². The zero-order valence-corrected chi connectivity index (χ0v) is 20.5. The number of sulfonamides is 1. The van der Waals surface area contributed by atoms with Crippen LogP contribution in [-0.4, -0.2) is 28.0 Å². The number of nitrogens with two attached hydrogens (primary N) is 1. The summed E-state index contributed by atoms with van der Waals surface area (Å²) in [4.78, 5) is 4.32. The fraction of sp³-hybridized carbons (Fsp3) is 0.381. The van der Waals surface area contributed by atoms with Gasteiger partial charge in [0.15, 0.2) is 5.96 Å². The summed E-state index contributed by atoms with van der Waals surface area (Å²) in [6.07, 6.45) is 0.897. The van der Waals surface area contributed by atoms with E-state index in [0.717, 1.165) is 18.5 Å². The van der Waals surface area contributed by atoms with Crippen molar-refractivity contribution in [1.29, 1.82) is 0 Å². The van der Waals surface area contributed by atoms with Gasteiger partial charge in [-0.1, -0.05) is 57.2 Å². The molecule has 0 amide bonds. The maximum atomic E-state index is 11.3. The molecule has 29 heavy (non-hydrogen) atoms. The molecule has 6 nitrogen and oxygen atoms in total. The van der Waals surface area contributed by atoms with Crippen molar-refractivity contribution in [2.24, 2.45) is 10.1 Å². The molecule has 4 N–H and O–H groups in total. The second kappa shape index (κ2) is 10.9. The highest BCUT2D eigenvalue weighted by Gasteiger charge is 2.12. The third-order valence-corrected chi connectivity index (χ3v) is 5.39. The Bertz CT molecular complexity index is 903. The van der Waals surface area contributed by atoms with Gasteiger partial charge in [-0.05, 0) is 40.7 Å². The molecule has 0 radical (unpaired) electrons. The molecular weight excluding hydrogens is 499 g/mol. The van der Waals surface area contributed by atoms with Crippen molar-refractivity contribution in [3.63, 3.8) is 0 Å². The summed E-state index contributed by atoms with van der Waals surface area (Å²) >= 11 is 0. The SMILES string of the molecule is CN=C(NCCc1ccc(C(C)(C)C)cc1)NCc1ccc(S(N)(=O)=O)cc1.I. The van der Waals surface area contributed by atoms with Gasteiger partial charge >= 0.3 is 0 Å². The number of hydrogen-bond donors (Lipinski definition) is 3. The van der Waals surface area contributed by atoms with Crippen LogP contribution >= 0.6 is 24.0 Å². The van der Waals surface area contributed by atoms with Gasteiger partial charge in [0.25, 0.3) is 0 Å². The van der Waals surface area contributed by atoms with Gasteiger partial charge < -0.3 is 10.6 Å². The van der Waals surface area contributed by atoms with E-state index in [0.29, 0.717) is 12.5 Å². The van der Waals surface area contributed by atoms with Crippen LogP contribution in [0.1, 0.15) is 37.5 Å². The Morgan fingerprint density at radius 1 is 0.966 bits per heavy atom. The molecular formula is C21H31IN4O2S. The van der Waals surface area contributed by atoms with Crippen LogP contribution in [0.15, 0.2) is 58.4 Å². The molecule has 2 rings (SSSR count). The summed E-state index contributed by atoms with van der Waals surface area (Å²) in [7, 11) is -1.94. The molecule has 8 heteroatoms. The normalized spacial score (nSPS) is 12.2. The van der Waals surface area contributed by atoms with Gasteiger partial charge in [0, 0.05) is 20.1 Å². The lowest BCUT2D eigenvalue weighted by atomic mass is 9.86. The quantitative estimate of drug-likeness (QED) is 0.304. The lowest BCUT2D eigenvalue weighted by molar-refractivity contribution is 0.590. The molecule has 0 unspecified atom stereocenters. The average Bonchev–Trinajstić information content (AvgIpc) is 2.64. The molecule has 0 spiro atoms. The second-order valence-electron chi connectivity index (χ2n) is 7.74. The minimum absolute atomic E-state index is 0. The summed E-state index contributed by atoms with van der Waals surface area (Å²) in [5.41, 5.74) is 3.70. The van der Waals surface area contributed by atoms with E-state index in [1.54, 1.807) is 19.2 Å². The zero-order valence-electron chi connectivity index (χ0n) is 17.4. The van der Waals surface area contributed by atoms with Gasteiger partial charge in [-0.15, -0.1) is 24.0 Å². The van der Waals surface area contributed by atoms with Crippen LogP contribution in [0.5, 0.6) is 0 Å². The molecule has 0 bridgehead atoms. The van der Waals surface area contributed by atoms with Gasteiger partial charge in [0.1, 0.15) is 0 Å². The number of nitrogens with one attached hydrogen (secondary N) is 2. The number of nitrogens with zero attached hydrogens (tertiary/aromatic N) is 1. The van der Waals surface area contributed by atoms with E-state index in [9.17, 15) is 8.42 Å². The minimum atomic E-state index is -3.66. The van der Waals surface area contributed by atoms with Crippen molar-refractivity contribution in [2.75, 3.05) is 13.6 Å². The number of benzene rings is 2. The Labute approximate surface area is 191 Å². The molecule has 0 atom stereocenters. The number of halogens is 1. The zero-order chi connectivity index (χ0) is 20.8. The lowest BCUT2D eigenvalue weighted by Crippen LogP contribution is -2.37. The Balaban J connectivity index is 0.00000420. The molecule has 0 aliphatic heterocycles. The van der Waals surface area contributed by atoms with Crippen molar-refractivity contribution in [2.45, 2.75) is 44.0 Å². The number of primary sulfonamides is 1. The predicted octanol–water partition coefficient (Wildman–Crippen LogP) is 3.16. The maximum absolute atomic E-state index is 11.3. The first kappa shape index (κ1) is 25.4. The number of guanidine groups is 1. The maximum Gasteiger partial charge on any atom is 0.238 e. The van der Waals surface area contributed by atoms with Crippen LogP contribution in [0.4, 0.5) is 0 Å². The van der Waals surface area contributed by atoms with Gasteiger partial charge in [-0.25, -0.2) is 13.6 Å². The average molecular weight is 530 g/mol. The van der Waals surface area contributed by atoms with Crippen LogP contribution in [0.2, 0.25) is 0 Å². The Kier molecular flexibility index (Phi) is 9.57. The van der Waals surface area contributed by atoms with Crippen molar-refractivity contribution in [3.05, 3.63) is 65.2 Å². The van der Waals surface area contributed by atoms with E-state index in [2.05, 4.69) is 60.7 Å². The lowest BCUT2D eigenvalue weighted by Gasteiger charge is -2.19. The number of hydrogen-bond acceptors (Lipinski definition) is 3. The molecule has 0 heterocycles. The largest absolute Gasteiger partial charge is 0.356 e. The standard InChI is InChI=1S/C21H30N4O2S.HI/c1-21(2,3)18-9-5-16(6-10-18)13-14-24-20(23-4)25-15-17-7-11-19(12-8-17)28(22,26)27;/h5-12H,13-15H2,1-4H3,(H2,22,26,27)(H2,23,24,25);1H. The Morgan fingerprint density at radius 3 is 2.00 bits per heavy atom. The fourth-order valence-corrected chi connectivity index (χ4v) is 3.22. The van der Waals surface area contributed by atoms with Crippen molar-refractivity contribution >= 4 is 40.0 Å². The van der Waals surface area contributed by atoms with Crippen molar-refractivity contribution < 1.29 is 8.42 Å². The highest BCUT2D eigenvalue weighted by atomic mass is 127. The highest BCUT2D eigenvalue weighted by molar-refractivity contribution is 14.0. The Hall–Kier alpha value is -1.65. The summed E-state index contributed by atoms with van der Waals surface area (Å²) in [6, 6.07) is 15.2. The first-order chi connectivity index (χ1) is 13.1. The summed E-state index contributed by atoms with van der Waals surface area (Å²) in [6.45, 7) is 7.93. The molecule has 160 valence electrons. The van der Waals surface area contributed by atoms with Crippen molar-refractivity contribution in [1.82, 2.24) is 10.6 Å². The van der Waals surface area contributed by atoms with Crippen LogP contribution in [0, 0.1) is 0 Å². The summed E-state index contributed by atoms with van der Waals surface area (Å²) in [5.74, 6) is 0.696. The van der Waals surface area contributed by atoms with E-state index < -0.39 is 10.0 Å². The minimum Gasteiger partial charge on any atom is -0.356 e. The molecule has 0 aromatic heterocycles. The third-order valence-electron chi connectivity index (χ3n) is 4.46. The third kappa shape index (κ3) is 8.31. The van der Waals surface area contributed by atoms with Crippen LogP contribution in [-0.2, 0) is 28.4 Å². The topological polar surface area (TPSA) is 96.6 Å². The van der Waals surface area contributed by atoms with Gasteiger partial charge in [-0.2, -0.15) is 0 Å². The first-order valence-corrected chi connectivity index (χ1v) is 10.8. The van der Waals surface area contributed by atoms with Crippen LogP contribution < -0.4 is 15.8 Å². The van der Waals surface area contributed by atoms with E-state index in [1.807, 2.05) is 0 Å². The van der Waals surface area contributed by atoms with Gasteiger partial charge in [0.2, 0.25) is 10.0 Å². The molecule has 0 saturated carbocycles. The molecule has 2 aromatic carbocycles. The van der Waals surface area contributed by atoms with Crippen LogP contribution in [0.3, 0.4) is 0 Å². The van der Waals surface area contributed by atoms with Crippen LogP contribution in [0.25, 0.3) is 0 Å². The molecule has 0 aliphatic carbocycles. The van der Waals surface area contributed by atoms with E-state index >= 15 is 0 Å². The van der Waals surface area contributed by atoms with E-state index in [-0.39, 0.29) is 34.3 Å². The Morgan fingerprint density at radius 2 is 1.52 bits per heavy atom. The summed E-state index contributed by atoms with van der Waals surface area (Å²) in [5, 5.41) is 11.6. The van der Waals surface area contributed by atoms with Gasteiger partial charge in [-0.3, -0.25) is 4.99 Å². The monoisotopic (exact) mass is 530 g/mol.